The number of nitrogens with zero attached hydrogens (tertiary/aromatic N) is 2. The number of rotatable bonds is 6. The lowest BCUT2D eigenvalue weighted by Gasteiger charge is -2.26. The van der Waals surface area contributed by atoms with Crippen molar-refractivity contribution in [1.82, 2.24) is 9.80 Å². The van der Waals surface area contributed by atoms with Crippen molar-refractivity contribution >= 4 is 17.4 Å². The van der Waals surface area contributed by atoms with Crippen LogP contribution in [-0.4, -0.2) is 58.9 Å². The highest BCUT2D eigenvalue weighted by atomic mass is 16.3. The molecule has 1 unspecified atom stereocenters. The number of aliphatic hydroxyl groups excluding tert-OH is 1. The van der Waals surface area contributed by atoms with Gasteiger partial charge >= 0.3 is 0 Å². The van der Waals surface area contributed by atoms with Crippen molar-refractivity contribution in [1.29, 1.82) is 0 Å². The first kappa shape index (κ1) is 21.6. The molecule has 0 aromatic heterocycles. The lowest BCUT2D eigenvalue weighted by molar-refractivity contribution is -0.139. The van der Waals surface area contributed by atoms with Crippen molar-refractivity contribution in [2.24, 2.45) is 0 Å². The zero-order chi connectivity index (χ0) is 22.0. The summed E-state index contributed by atoms with van der Waals surface area (Å²) in [7, 11) is 3.90. The van der Waals surface area contributed by atoms with E-state index in [1.54, 1.807) is 12.1 Å². The molecule has 158 valence electrons. The fourth-order valence-electron chi connectivity index (χ4n) is 3.79. The van der Waals surface area contributed by atoms with Gasteiger partial charge in [-0.3, -0.25) is 9.59 Å². The molecule has 0 aliphatic carbocycles. The molecule has 0 bridgehead atoms. The average Bonchev–Trinajstić information content (AvgIpc) is 2.95. The van der Waals surface area contributed by atoms with E-state index >= 15 is 0 Å². The summed E-state index contributed by atoms with van der Waals surface area (Å²) in [5.74, 6) is -1.84. The molecule has 30 heavy (non-hydrogen) atoms. The lowest BCUT2D eigenvalue weighted by atomic mass is 9.94. The Morgan fingerprint density at radius 3 is 2.33 bits per heavy atom. The molecule has 1 amide bonds. The summed E-state index contributed by atoms with van der Waals surface area (Å²) >= 11 is 0. The van der Waals surface area contributed by atoms with Gasteiger partial charge in [0.2, 0.25) is 0 Å². The van der Waals surface area contributed by atoms with Crippen LogP contribution in [0.5, 0.6) is 5.75 Å². The molecule has 1 saturated heterocycles. The molecule has 1 aliphatic heterocycles. The van der Waals surface area contributed by atoms with E-state index in [-0.39, 0.29) is 22.6 Å². The Labute approximate surface area is 177 Å². The Kier molecular flexibility index (Phi) is 6.27. The number of aromatic hydroxyl groups is 1. The number of carbonyl (C=O) groups excluding carboxylic acids is 2. The van der Waals surface area contributed by atoms with Crippen molar-refractivity contribution in [3.8, 4) is 5.75 Å². The van der Waals surface area contributed by atoms with E-state index in [1.165, 1.54) is 4.90 Å². The number of aliphatic hydroxyl groups is 1. The zero-order valence-corrected chi connectivity index (χ0v) is 17.8. The van der Waals surface area contributed by atoms with Crippen LogP contribution in [0.4, 0.5) is 0 Å². The van der Waals surface area contributed by atoms with Crippen LogP contribution in [0.1, 0.15) is 34.7 Å². The van der Waals surface area contributed by atoms with E-state index in [0.29, 0.717) is 13.0 Å². The average molecular weight is 408 g/mol. The molecule has 1 aliphatic rings. The number of carbonyl (C=O) groups is 2. The highest BCUT2D eigenvalue weighted by molar-refractivity contribution is 6.46. The molecule has 1 fully saturated rings. The van der Waals surface area contributed by atoms with Crippen molar-refractivity contribution in [2.75, 3.05) is 27.2 Å². The second-order valence-corrected chi connectivity index (χ2v) is 8.01. The Morgan fingerprint density at radius 2 is 1.70 bits per heavy atom. The van der Waals surface area contributed by atoms with E-state index in [0.717, 1.165) is 23.2 Å². The summed E-state index contributed by atoms with van der Waals surface area (Å²) in [5.41, 5.74) is 2.64. The molecule has 2 aromatic carbocycles. The van der Waals surface area contributed by atoms with Gasteiger partial charge in [0.15, 0.2) is 0 Å². The maximum absolute atomic E-state index is 13.0. The molecule has 1 heterocycles. The standard InChI is InChI=1S/C24H28N2O4/c1-15-13-18(19(27)14-16(15)2)22(28)20-21(17-9-6-5-7-10-17)26(24(30)23(20)29)12-8-11-25(3)4/h5-7,9-10,13-14,21,27-28H,8,11-12H2,1-4H3/b22-20+. The quantitative estimate of drug-likeness (QED) is 0.435. The first-order valence-corrected chi connectivity index (χ1v) is 10.0. The van der Waals surface area contributed by atoms with Crippen molar-refractivity contribution in [2.45, 2.75) is 26.3 Å². The molecule has 1 atom stereocenters. The summed E-state index contributed by atoms with van der Waals surface area (Å²) in [4.78, 5) is 29.4. The van der Waals surface area contributed by atoms with Crippen LogP contribution in [0.2, 0.25) is 0 Å². The molecule has 2 N–H and O–H groups in total. The molecule has 3 rings (SSSR count). The van der Waals surface area contributed by atoms with Gasteiger partial charge in [0.1, 0.15) is 11.5 Å². The normalized spacial score (nSPS) is 18.4. The smallest absolute Gasteiger partial charge is 0.295 e. The minimum Gasteiger partial charge on any atom is -0.507 e. The molecule has 0 saturated carbocycles. The number of hydrogen-bond acceptors (Lipinski definition) is 5. The van der Waals surface area contributed by atoms with Gasteiger partial charge in [-0.05, 0) is 69.7 Å². The molecular weight excluding hydrogens is 380 g/mol. The number of Topliss-reactive ketones (excluding diaryl/α,β-unsaturated/α-hetero) is 1. The minimum atomic E-state index is -0.733. The number of ketones is 1. The largest absolute Gasteiger partial charge is 0.507 e. The number of phenolic OH excluding ortho intramolecular Hbond substituents is 1. The monoisotopic (exact) mass is 408 g/mol. The SMILES string of the molecule is Cc1cc(O)c(/C(O)=C2\C(=O)C(=O)N(CCCN(C)C)C2c2ccccc2)cc1C. The Morgan fingerprint density at radius 1 is 1.07 bits per heavy atom. The first-order chi connectivity index (χ1) is 14.2. The van der Waals surface area contributed by atoms with Crippen LogP contribution in [0.25, 0.3) is 5.76 Å². The van der Waals surface area contributed by atoms with Crippen LogP contribution in [0.15, 0.2) is 48.0 Å². The number of amides is 1. The van der Waals surface area contributed by atoms with Crippen molar-refractivity contribution in [3.63, 3.8) is 0 Å². The lowest BCUT2D eigenvalue weighted by Crippen LogP contribution is -2.32. The van der Waals surface area contributed by atoms with Gasteiger partial charge in [0.05, 0.1) is 17.2 Å². The molecular formula is C24H28N2O4. The predicted molar refractivity (Wildman–Crippen MR) is 116 cm³/mol. The third-order valence-corrected chi connectivity index (χ3v) is 5.53. The van der Waals surface area contributed by atoms with Crippen molar-refractivity contribution < 1.29 is 19.8 Å². The maximum atomic E-state index is 13.0. The fraction of sp³-hybridized carbons (Fsp3) is 0.333. The Hall–Kier alpha value is -3.12. The van der Waals surface area contributed by atoms with Crippen LogP contribution in [-0.2, 0) is 9.59 Å². The van der Waals surface area contributed by atoms with Gasteiger partial charge < -0.3 is 20.0 Å². The summed E-state index contributed by atoms with van der Waals surface area (Å²) < 4.78 is 0. The van der Waals surface area contributed by atoms with Gasteiger partial charge in [0, 0.05) is 6.54 Å². The Balaban J connectivity index is 2.13. The van der Waals surface area contributed by atoms with Crippen LogP contribution in [0.3, 0.4) is 0 Å². The molecule has 6 nitrogen and oxygen atoms in total. The topological polar surface area (TPSA) is 81.1 Å². The van der Waals surface area contributed by atoms with Crippen LogP contribution in [0, 0.1) is 13.8 Å². The van der Waals surface area contributed by atoms with E-state index in [2.05, 4.69) is 0 Å². The maximum Gasteiger partial charge on any atom is 0.295 e. The predicted octanol–water partition coefficient (Wildman–Crippen LogP) is 3.38. The van der Waals surface area contributed by atoms with Crippen molar-refractivity contribution in [3.05, 3.63) is 70.3 Å². The van der Waals surface area contributed by atoms with Crippen LogP contribution >= 0.6 is 0 Å². The second kappa shape index (κ2) is 8.71. The molecule has 2 aromatic rings. The third kappa shape index (κ3) is 4.09. The van der Waals surface area contributed by atoms with Gasteiger partial charge in [0.25, 0.3) is 11.7 Å². The molecule has 6 heteroatoms. The van der Waals surface area contributed by atoms with E-state index < -0.39 is 17.7 Å². The summed E-state index contributed by atoms with van der Waals surface area (Å²) in [5, 5.41) is 21.5. The second-order valence-electron chi connectivity index (χ2n) is 8.01. The summed E-state index contributed by atoms with van der Waals surface area (Å²) in [6, 6.07) is 11.7. The third-order valence-electron chi connectivity index (χ3n) is 5.53. The fourth-order valence-corrected chi connectivity index (χ4v) is 3.79. The molecule has 0 radical (unpaired) electrons. The highest BCUT2D eigenvalue weighted by Crippen LogP contribution is 2.41. The number of benzene rings is 2. The van der Waals surface area contributed by atoms with Gasteiger partial charge in [-0.15, -0.1) is 0 Å². The van der Waals surface area contributed by atoms with E-state index in [4.69, 9.17) is 0 Å². The summed E-state index contributed by atoms with van der Waals surface area (Å²) in [6.45, 7) is 4.87. The number of phenols is 1. The first-order valence-electron chi connectivity index (χ1n) is 10.0. The number of aryl methyl sites for hydroxylation is 2. The van der Waals surface area contributed by atoms with E-state index in [1.807, 2.05) is 63.2 Å². The van der Waals surface area contributed by atoms with E-state index in [9.17, 15) is 19.8 Å². The van der Waals surface area contributed by atoms with Gasteiger partial charge in [-0.1, -0.05) is 30.3 Å². The summed E-state index contributed by atoms with van der Waals surface area (Å²) in [6.07, 6.45) is 0.693. The minimum absolute atomic E-state index is 0.00889. The molecule has 0 spiro atoms. The van der Waals surface area contributed by atoms with Gasteiger partial charge in [-0.2, -0.15) is 0 Å². The van der Waals surface area contributed by atoms with Crippen LogP contribution < -0.4 is 0 Å². The Bertz CT molecular complexity index is 996. The zero-order valence-electron chi connectivity index (χ0n) is 17.8. The number of hydrogen-bond donors (Lipinski definition) is 2. The highest BCUT2D eigenvalue weighted by Gasteiger charge is 2.46. The van der Waals surface area contributed by atoms with Gasteiger partial charge in [-0.25, -0.2) is 0 Å². The number of likely N-dealkylation sites (tertiary alicyclic amines) is 1.